The van der Waals surface area contributed by atoms with Gasteiger partial charge in [-0.1, -0.05) is 18.2 Å². The van der Waals surface area contributed by atoms with Crippen LogP contribution in [0.1, 0.15) is 5.56 Å². The molecule has 0 aromatic carbocycles. The third-order valence-corrected chi connectivity index (χ3v) is 7.52. The van der Waals surface area contributed by atoms with Gasteiger partial charge in [-0.25, -0.2) is 18.5 Å². The van der Waals surface area contributed by atoms with Gasteiger partial charge in [-0.2, -0.15) is 8.62 Å². The summed E-state index contributed by atoms with van der Waals surface area (Å²) in [7, 11) is -16.4. The molecule has 0 aliphatic heterocycles. The molecule has 2 rings (SSSR count). The number of phosphoric ester groups is 1. The Balaban J connectivity index is 1.84. The van der Waals surface area contributed by atoms with Gasteiger partial charge < -0.3 is 29.6 Å². The highest BCUT2D eigenvalue weighted by atomic mass is 31.3. The fourth-order valence-corrected chi connectivity index (χ4v) is 5.32. The van der Waals surface area contributed by atoms with Crippen molar-refractivity contribution in [1.29, 1.82) is 0 Å². The Labute approximate surface area is 201 Å². The van der Waals surface area contributed by atoms with E-state index in [2.05, 4.69) is 24.2 Å². The lowest BCUT2D eigenvalue weighted by atomic mass is 10.2. The third-order valence-electron chi connectivity index (χ3n) is 3.69. The van der Waals surface area contributed by atoms with Crippen LogP contribution in [0.4, 0.5) is 0 Å². The van der Waals surface area contributed by atoms with E-state index < -0.39 is 54.7 Å². The van der Waals surface area contributed by atoms with Gasteiger partial charge in [-0.05, 0) is 12.2 Å². The van der Waals surface area contributed by atoms with E-state index >= 15 is 0 Å². The van der Waals surface area contributed by atoms with Crippen LogP contribution >= 0.6 is 23.5 Å². The van der Waals surface area contributed by atoms with Crippen molar-refractivity contribution in [2.24, 2.45) is 0 Å². The van der Waals surface area contributed by atoms with Crippen molar-refractivity contribution in [3.8, 4) is 0 Å². The smallest absolute Gasteiger partial charge is 0.358 e. The van der Waals surface area contributed by atoms with Gasteiger partial charge in [-0.15, -0.1) is 5.73 Å². The highest BCUT2D eigenvalue weighted by molar-refractivity contribution is 7.66. The molecule has 2 atom stereocenters. The zero-order valence-corrected chi connectivity index (χ0v) is 20.6. The van der Waals surface area contributed by atoms with Crippen molar-refractivity contribution in [3.63, 3.8) is 0 Å². The first kappa shape index (κ1) is 29.7. The molecule has 1 aliphatic carbocycles. The summed E-state index contributed by atoms with van der Waals surface area (Å²) >= 11 is 0. The number of nitrogens with zero attached hydrogens (tertiary/aromatic N) is 1. The summed E-state index contributed by atoms with van der Waals surface area (Å²) < 4.78 is 50.8. The molecule has 1 aromatic heterocycles. The van der Waals surface area contributed by atoms with E-state index in [9.17, 15) is 33.0 Å². The van der Waals surface area contributed by atoms with Gasteiger partial charge in [0.05, 0.1) is 24.4 Å². The number of nitrogens with one attached hydrogen (secondary N) is 2. The molecule has 0 saturated carbocycles. The molecule has 198 valence electrons. The normalized spacial score (nSPS) is 16.6. The van der Waals surface area contributed by atoms with E-state index in [0.717, 1.165) is 10.8 Å². The summed E-state index contributed by atoms with van der Waals surface area (Å²) in [5.41, 5.74) is 1.56. The Bertz CT molecular complexity index is 1360. The maximum atomic E-state index is 11.9. The van der Waals surface area contributed by atoms with Gasteiger partial charge >= 0.3 is 29.2 Å². The van der Waals surface area contributed by atoms with E-state index in [1.54, 1.807) is 18.2 Å². The molecule has 1 amide bonds. The molecule has 0 spiro atoms. The monoisotopic (exact) mass is 571 g/mol. The number of H-pyrrole nitrogens is 1. The fourth-order valence-electron chi connectivity index (χ4n) is 2.32. The van der Waals surface area contributed by atoms with Crippen LogP contribution in [0.3, 0.4) is 0 Å². The number of hydrogen-bond acceptors (Lipinski definition) is 10. The van der Waals surface area contributed by atoms with Crippen molar-refractivity contribution in [2.75, 3.05) is 19.8 Å². The molecule has 0 saturated heterocycles. The average molecular weight is 571 g/mol. The van der Waals surface area contributed by atoms with Crippen molar-refractivity contribution < 1.29 is 55.9 Å². The molecule has 1 heterocycles. The number of ether oxygens (including phenoxy) is 1. The van der Waals surface area contributed by atoms with Gasteiger partial charge in [0.1, 0.15) is 6.73 Å². The van der Waals surface area contributed by atoms with Gasteiger partial charge in [0.2, 0.25) is 0 Å². The van der Waals surface area contributed by atoms with Gasteiger partial charge in [0, 0.05) is 12.7 Å². The number of amides is 1. The highest BCUT2D eigenvalue weighted by Crippen LogP contribution is 2.66. The summed E-state index contributed by atoms with van der Waals surface area (Å²) in [4.78, 5) is 73.0. The predicted molar refractivity (Wildman–Crippen MR) is 120 cm³/mol. The number of carbonyl (C=O) groups is 1. The molecule has 1 aliphatic rings. The molecule has 20 heteroatoms. The van der Waals surface area contributed by atoms with Crippen LogP contribution < -0.4 is 16.6 Å². The van der Waals surface area contributed by atoms with E-state index in [1.165, 1.54) is 12.2 Å². The lowest BCUT2D eigenvalue weighted by Gasteiger charge is -2.16. The summed E-state index contributed by atoms with van der Waals surface area (Å²) in [6.07, 6.45) is 8.76. The standard InChI is InChI=1S/C16H20N3O14P3/c20-14(12-4-1-2-5-12)17-7-3-6-13-10-19(16(22)18-15(13)21)11-30-8-9-31-35(26,27)33-36(28,29)32-34(23,24)25/h1-4,6,10H,7-9,11H2,(H,17,20)(H,26,27)(H,28,29)(H,18,21,22)(H2,23,24,25)/b6-3+. The van der Waals surface area contributed by atoms with E-state index in [0.29, 0.717) is 5.57 Å². The van der Waals surface area contributed by atoms with Crippen molar-refractivity contribution in [3.05, 3.63) is 68.2 Å². The van der Waals surface area contributed by atoms with Crippen LogP contribution in [-0.2, 0) is 43.1 Å². The van der Waals surface area contributed by atoms with Gasteiger partial charge in [0.25, 0.3) is 11.5 Å². The first-order chi connectivity index (χ1) is 16.7. The Morgan fingerprint density at radius 1 is 1.11 bits per heavy atom. The van der Waals surface area contributed by atoms with Gasteiger partial charge in [-0.3, -0.25) is 23.7 Å². The molecule has 1 aromatic rings. The van der Waals surface area contributed by atoms with Crippen LogP contribution in [0, 0.1) is 0 Å². The molecule has 0 bridgehead atoms. The Hall–Kier alpha value is -2.48. The number of aromatic nitrogens is 2. The fraction of sp³-hybridized carbons (Fsp3) is 0.250. The van der Waals surface area contributed by atoms with Crippen molar-refractivity contribution in [2.45, 2.75) is 6.73 Å². The molecule has 6 N–H and O–H groups in total. The maximum absolute atomic E-state index is 11.9. The third kappa shape index (κ3) is 10.6. The molecular formula is C16H20N3O14P3. The van der Waals surface area contributed by atoms with E-state index in [-0.39, 0.29) is 18.0 Å². The summed E-state index contributed by atoms with van der Waals surface area (Å²) in [6.45, 7) is -1.58. The average Bonchev–Trinajstić information content (AvgIpc) is 3.25. The summed E-state index contributed by atoms with van der Waals surface area (Å²) in [6, 6.07) is 0. The Morgan fingerprint density at radius 3 is 2.47 bits per heavy atom. The predicted octanol–water partition coefficient (Wildman–Crippen LogP) is -0.365. The number of carbonyl (C=O) groups excluding carboxylic acids is 1. The first-order valence-electron chi connectivity index (χ1n) is 9.45. The Morgan fingerprint density at radius 2 is 1.83 bits per heavy atom. The summed E-state index contributed by atoms with van der Waals surface area (Å²) in [5, 5.41) is 2.58. The van der Waals surface area contributed by atoms with Crippen LogP contribution in [0.5, 0.6) is 0 Å². The number of rotatable bonds is 14. The lowest BCUT2D eigenvalue weighted by molar-refractivity contribution is -0.116. The second kappa shape index (κ2) is 12.7. The molecule has 36 heavy (non-hydrogen) atoms. The molecular weight excluding hydrogens is 551 g/mol. The minimum Gasteiger partial charge on any atom is -0.358 e. The first-order valence-corrected chi connectivity index (χ1v) is 14.0. The Kier molecular flexibility index (Phi) is 10.5. The largest absolute Gasteiger partial charge is 0.490 e. The van der Waals surface area contributed by atoms with E-state index in [4.69, 9.17) is 19.4 Å². The second-order valence-corrected chi connectivity index (χ2v) is 10.9. The van der Waals surface area contributed by atoms with Crippen LogP contribution in [-0.4, -0.2) is 54.8 Å². The molecule has 2 unspecified atom stereocenters. The number of aromatic amines is 1. The number of allylic oxidation sites excluding steroid dienone is 1. The maximum Gasteiger partial charge on any atom is 0.490 e. The zero-order chi connectivity index (χ0) is 27.0. The zero-order valence-electron chi connectivity index (χ0n) is 18.0. The second-order valence-electron chi connectivity index (χ2n) is 6.47. The molecule has 0 radical (unpaired) electrons. The van der Waals surface area contributed by atoms with Crippen LogP contribution in [0.15, 0.2) is 51.4 Å². The van der Waals surface area contributed by atoms with Crippen molar-refractivity contribution >= 4 is 35.5 Å². The van der Waals surface area contributed by atoms with Crippen LogP contribution in [0.2, 0.25) is 0 Å². The number of phosphoric acid groups is 3. The van der Waals surface area contributed by atoms with Crippen LogP contribution in [0.25, 0.3) is 6.08 Å². The number of hydrogen-bond donors (Lipinski definition) is 6. The SMILES string of the molecule is O=C(NC/C=C/c1cn(COCCOP(=O)(O)OP(=O)(O)OP(=O)(O)O)c(=O)[nH]c1=O)C1=C=CC=C1. The summed E-state index contributed by atoms with van der Waals surface area (Å²) in [5.74, 6) is -0.368. The van der Waals surface area contributed by atoms with E-state index in [1.807, 2.05) is 4.98 Å². The minimum absolute atomic E-state index is 0.0422. The quantitative estimate of drug-likeness (QED) is 0.0947. The van der Waals surface area contributed by atoms with Crippen molar-refractivity contribution in [1.82, 2.24) is 14.9 Å². The lowest BCUT2D eigenvalue weighted by Crippen LogP contribution is -2.31. The van der Waals surface area contributed by atoms with Gasteiger partial charge in [0.15, 0.2) is 0 Å². The minimum atomic E-state index is -5.64. The molecule has 17 nitrogen and oxygen atoms in total. The topological polar surface area (TPSA) is 253 Å². The highest BCUT2D eigenvalue weighted by Gasteiger charge is 2.40. The molecule has 0 fully saturated rings.